The van der Waals surface area contributed by atoms with Crippen molar-refractivity contribution in [2.24, 2.45) is 5.73 Å². The van der Waals surface area contributed by atoms with Gasteiger partial charge in [-0.2, -0.15) is 0 Å². The van der Waals surface area contributed by atoms with E-state index in [4.69, 9.17) is 23.1 Å². The summed E-state index contributed by atoms with van der Waals surface area (Å²) < 4.78 is 0. The third kappa shape index (κ3) is 1.79. The molecule has 0 bridgehead atoms. The van der Waals surface area contributed by atoms with E-state index in [2.05, 4.69) is 5.32 Å². The molecule has 0 fully saturated rings. The van der Waals surface area contributed by atoms with Crippen LogP contribution in [0.5, 0.6) is 0 Å². The molecule has 2 amide bonds. The molecule has 5 N–H and O–H groups in total. The number of halogens is 1. The van der Waals surface area contributed by atoms with Gasteiger partial charge >= 0.3 is 6.03 Å². The molecule has 12 heavy (non-hydrogen) atoms. The molecule has 0 aliphatic heterocycles. The van der Waals surface area contributed by atoms with Crippen molar-refractivity contribution in [3.05, 3.63) is 23.2 Å². The summed E-state index contributed by atoms with van der Waals surface area (Å²) in [6, 6.07) is 4.24. The summed E-state index contributed by atoms with van der Waals surface area (Å²) in [5, 5.41) is 2.69. The van der Waals surface area contributed by atoms with Gasteiger partial charge in [0.25, 0.3) is 0 Å². The molecule has 0 saturated heterocycles. The SMILES string of the molecule is NC(=O)Nc1c(N)cccc1Cl. The van der Waals surface area contributed by atoms with Gasteiger partial charge in [0.1, 0.15) is 0 Å². The van der Waals surface area contributed by atoms with E-state index in [0.717, 1.165) is 0 Å². The van der Waals surface area contributed by atoms with Crippen molar-refractivity contribution < 1.29 is 4.79 Å². The lowest BCUT2D eigenvalue weighted by molar-refractivity contribution is 0.259. The number of benzene rings is 1. The van der Waals surface area contributed by atoms with Crippen LogP contribution in [0.2, 0.25) is 5.02 Å². The molecule has 0 aliphatic rings. The quantitative estimate of drug-likeness (QED) is 0.579. The molecule has 5 heteroatoms. The van der Waals surface area contributed by atoms with Gasteiger partial charge in [-0.05, 0) is 12.1 Å². The maximum Gasteiger partial charge on any atom is 0.316 e. The molecule has 0 saturated carbocycles. The number of para-hydroxylation sites is 1. The normalized spacial score (nSPS) is 9.42. The number of carbonyl (C=O) groups is 1. The Kier molecular flexibility index (Phi) is 2.40. The summed E-state index contributed by atoms with van der Waals surface area (Å²) in [4.78, 5) is 10.5. The highest BCUT2D eigenvalue weighted by Gasteiger charge is 2.04. The first-order valence-electron chi connectivity index (χ1n) is 3.21. The smallest absolute Gasteiger partial charge is 0.316 e. The van der Waals surface area contributed by atoms with Crippen LogP contribution >= 0.6 is 11.6 Å². The van der Waals surface area contributed by atoms with Gasteiger partial charge in [0.05, 0.1) is 16.4 Å². The van der Waals surface area contributed by atoms with Crippen LogP contribution in [0.3, 0.4) is 0 Å². The van der Waals surface area contributed by atoms with Crippen molar-refractivity contribution in [1.29, 1.82) is 0 Å². The fourth-order valence-electron chi connectivity index (χ4n) is 0.796. The zero-order chi connectivity index (χ0) is 9.14. The van der Waals surface area contributed by atoms with Crippen LogP contribution < -0.4 is 16.8 Å². The second kappa shape index (κ2) is 3.32. The molecule has 0 spiro atoms. The first-order chi connectivity index (χ1) is 5.61. The number of carbonyl (C=O) groups excluding carboxylic acids is 1. The molecule has 0 radical (unpaired) electrons. The van der Waals surface area contributed by atoms with Crippen LogP contribution in [-0.2, 0) is 0 Å². The molecular weight excluding hydrogens is 178 g/mol. The van der Waals surface area contributed by atoms with Gasteiger partial charge in [-0.3, -0.25) is 0 Å². The second-order valence-corrected chi connectivity index (χ2v) is 2.60. The predicted octanol–water partition coefficient (Wildman–Crippen LogP) is 1.41. The van der Waals surface area contributed by atoms with E-state index in [1.54, 1.807) is 18.2 Å². The summed E-state index contributed by atoms with van der Waals surface area (Å²) in [6.45, 7) is 0. The van der Waals surface area contributed by atoms with Crippen LogP contribution in [0.25, 0.3) is 0 Å². The van der Waals surface area contributed by atoms with Crippen molar-refractivity contribution in [2.75, 3.05) is 11.1 Å². The van der Waals surface area contributed by atoms with Crippen LogP contribution in [0.4, 0.5) is 16.2 Å². The zero-order valence-electron chi connectivity index (χ0n) is 6.17. The number of nitrogens with two attached hydrogens (primary N) is 2. The predicted molar refractivity (Wildman–Crippen MR) is 49.1 cm³/mol. The van der Waals surface area contributed by atoms with E-state index in [1.807, 2.05) is 0 Å². The topological polar surface area (TPSA) is 81.1 Å². The Balaban J connectivity index is 3.04. The van der Waals surface area contributed by atoms with E-state index < -0.39 is 6.03 Å². The number of hydrogen-bond donors (Lipinski definition) is 3. The van der Waals surface area contributed by atoms with E-state index in [-0.39, 0.29) is 0 Å². The lowest BCUT2D eigenvalue weighted by atomic mass is 10.3. The van der Waals surface area contributed by atoms with Gasteiger partial charge in [0.2, 0.25) is 0 Å². The Morgan fingerprint density at radius 3 is 2.67 bits per heavy atom. The Hall–Kier alpha value is -1.42. The minimum Gasteiger partial charge on any atom is -0.397 e. The van der Waals surface area contributed by atoms with Crippen LogP contribution in [0.15, 0.2) is 18.2 Å². The van der Waals surface area contributed by atoms with Crippen molar-refractivity contribution in [1.82, 2.24) is 0 Å². The maximum atomic E-state index is 10.5. The van der Waals surface area contributed by atoms with Gasteiger partial charge in [0, 0.05) is 0 Å². The lowest BCUT2D eigenvalue weighted by Crippen LogP contribution is -2.20. The van der Waals surface area contributed by atoms with Crippen molar-refractivity contribution in [2.45, 2.75) is 0 Å². The first kappa shape index (κ1) is 8.67. The van der Waals surface area contributed by atoms with Crippen LogP contribution in [0, 0.1) is 0 Å². The summed E-state index contributed by atoms with van der Waals surface area (Å²) in [5.74, 6) is 0. The third-order valence-corrected chi connectivity index (χ3v) is 1.61. The second-order valence-electron chi connectivity index (χ2n) is 2.19. The lowest BCUT2D eigenvalue weighted by Gasteiger charge is -2.06. The molecule has 0 atom stereocenters. The van der Waals surface area contributed by atoms with Gasteiger partial charge in [-0.1, -0.05) is 17.7 Å². The van der Waals surface area contributed by atoms with E-state index in [0.29, 0.717) is 16.4 Å². The average Bonchev–Trinajstić information content (AvgIpc) is 1.97. The number of primary amides is 1. The fraction of sp³-hybridized carbons (Fsp3) is 0. The summed E-state index contributed by atoms with van der Waals surface area (Å²) in [7, 11) is 0. The van der Waals surface area contributed by atoms with Crippen LogP contribution in [-0.4, -0.2) is 6.03 Å². The number of urea groups is 1. The minimum atomic E-state index is -0.685. The number of anilines is 2. The first-order valence-corrected chi connectivity index (χ1v) is 3.59. The molecule has 0 heterocycles. The highest BCUT2D eigenvalue weighted by Crippen LogP contribution is 2.27. The maximum absolute atomic E-state index is 10.5. The van der Waals surface area contributed by atoms with Gasteiger partial charge in [-0.15, -0.1) is 0 Å². The zero-order valence-corrected chi connectivity index (χ0v) is 6.93. The number of hydrogen-bond acceptors (Lipinski definition) is 2. The van der Waals surface area contributed by atoms with Crippen molar-refractivity contribution in [3.63, 3.8) is 0 Å². The standard InChI is InChI=1S/C7H8ClN3O/c8-4-2-1-3-5(9)6(4)11-7(10)12/h1-3H,9H2,(H3,10,11,12). The molecule has 1 aromatic carbocycles. The largest absolute Gasteiger partial charge is 0.397 e. The molecule has 4 nitrogen and oxygen atoms in total. The minimum absolute atomic E-state index is 0.353. The number of nitrogen functional groups attached to an aromatic ring is 1. The van der Waals surface area contributed by atoms with Gasteiger partial charge < -0.3 is 16.8 Å². The van der Waals surface area contributed by atoms with Crippen molar-refractivity contribution in [3.8, 4) is 0 Å². The van der Waals surface area contributed by atoms with Gasteiger partial charge in [0.15, 0.2) is 0 Å². The summed E-state index contributed by atoms with van der Waals surface area (Å²) in [5.41, 5.74) is 11.2. The molecule has 1 aromatic rings. The highest BCUT2D eigenvalue weighted by atomic mass is 35.5. The van der Waals surface area contributed by atoms with Gasteiger partial charge in [-0.25, -0.2) is 4.79 Å². The van der Waals surface area contributed by atoms with E-state index >= 15 is 0 Å². The monoisotopic (exact) mass is 185 g/mol. The van der Waals surface area contributed by atoms with Crippen LogP contribution in [0.1, 0.15) is 0 Å². The average molecular weight is 186 g/mol. The number of rotatable bonds is 1. The number of amides is 2. The Labute approximate surface area is 74.5 Å². The van der Waals surface area contributed by atoms with E-state index in [1.165, 1.54) is 0 Å². The van der Waals surface area contributed by atoms with Crippen molar-refractivity contribution >= 4 is 29.0 Å². The Morgan fingerprint density at radius 2 is 2.17 bits per heavy atom. The fourth-order valence-corrected chi connectivity index (χ4v) is 1.02. The molecule has 1 rings (SSSR count). The molecule has 0 aliphatic carbocycles. The Morgan fingerprint density at radius 1 is 1.50 bits per heavy atom. The number of nitrogens with one attached hydrogen (secondary N) is 1. The molecule has 0 unspecified atom stereocenters. The summed E-state index contributed by atoms with van der Waals surface area (Å²) >= 11 is 5.72. The molecule has 64 valence electrons. The third-order valence-electron chi connectivity index (χ3n) is 1.29. The summed E-state index contributed by atoms with van der Waals surface area (Å²) in [6.07, 6.45) is 0. The Bertz CT molecular complexity index is 293. The molecular formula is C7H8ClN3O. The van der Waals surface area contributed by atoms with E-state index in [9.17, 15) is 4.79 Å². The molecule has 0 aromatic heterocycles. The highest BCUT2D eigenvalue weighted by molar-refractivity contribution is 6.34.